The molecule has 2 aromatic rings. The fourth-order valence-electron chi connectivity index (χ4n) is 1.36. The lowest BCUT2D eigenvalue weighted by atomic mass is 10.4. The van der Waals surface area contributed by atoms with Crippen LogP contribution in [0.25, 0.3) is 0 Å². The monoisotopic (exact) mass is 352 g/mol. The lowest BCUT2D eigenvalue weighted by Crippen LogP contribution is -2.11. The third kappa shape index (κ3) is 3.24. The Labute approximate surface area is 128 Å². The molecule has 1 aromatic heterocycles. The molecular formula is C11H6Cl2O5S2. The van der Waals surface area contributed by atoms with E-state index in [0.29, 0.717) is 0 Å². The Morgan fingerprint density at radius 1 is 1.20 bits per heavy atom. The predicted octanol–water partition coefficient (Wildman–Crippen LogP) is 3.52. The highest BCUT2D eigenvalue weighted by molar-refractivity contribution is 7.87. The van der Waals surface area contributed by atoms with E-state index in [1.165, 1.54) is 17.5 Å². The maximum Gasteiger partial charge on any atom is 0.349 e. The minimum Gasteiger partial charge on any atom is -0.477 e. The lowest BCUT2D eigenvalue weighted by Gasteiger charge is -2.07. The number of aromatic carboxylic acids is 1. The van der Waals surface area contributed by atoms with Crippen molar-refractivity contribution in [2.75, 3.05) is 0 Å². The zero-order valence-corrected chi connectivity index (χ0v) is 12.7. The summed E-state index contributed by atoms with van der Waals surface area (Å²) in [5.41, 5.74) is 0. The van der Waals surface area contributed by atoms with Gasteiger partial charge >= 0.3 is 16.1 Å². The molecule has 0 amide bonds. The van der Waals surface area contributed by atoms with E-state index in [0.717, 1.165) is 23.5 Å². The van der Waals surface area contributed by atoms with Crippen LogP contribution in [0.3, 0.4) is 0 Å². The van der Waals surface area contributed by atoms with Gasteiger partial charge in [-0.05, 0) is 29.6 Å². The van der Waals surface area contributed by atoms with E-state index in [1.54, 1.807) is 0 Å². The molecule has 0 unspecified atom stereocenters. The standard InChI is InChI=1S/C11H6Cl2O5S2/c12-6-3-7(13)5-8(4-6)20(16,17)18-9-1-2-19-10(9)11(14)15/h1-5H,(H,14,15). The molecule has 0 radical (unpaired) electrons. The van der Waals surface area contributed by atoms with E-state index in [9.17, 15) is 13.2 Å². The molecule has 0 saturated carbocycles. The van der Waals surface area contributed by atoms with Gasteiger partial charge in [0.1, 0.15) is 4.90 Å². The highest BCUT2D eigenvalue weighted by Gasteiger charge is 2.22. The van der Waals surface area contributed by atoms with Crippen LogP contribution >= 0.6 is 34.5 Å². The lowest BCUT2D eigenvalue weighted by molar-refractivity contribution is 0.0700. The zero-order chi connectivity index (χ0) is 14.9. The SMILES string of the molecule is O=C(O)c1sccc1OS(=O)(=O)c1cc(Cl)cc(Cl)c1. The fraction of sp³-hybridized carbons (Fsp3) is 0. The molecule has 0 aliphatic heterocycles. The minimum absolute atomic E-state index is 0.128. The molecule has 1 N–H and O–H groups in total. The van der Waals surface area contributed by atoms with Crippen LogP contribution < -0.4 is 4.18 Å². The number of halogens is 2. The molecule has 20 heavy (non-hydrogen) atoms. The molecule has 9 heteroatoms. The highest BCUT2D eigenvalue weighted by Crippen LogP contribution is 2.29. The van der Waals surface area contributed by atoms with Crippen LogP contribution in [0.5, 0.6) is 5.75 Å². The maximum atomic E-state index is 12.1. The van der Waals surface area contributed by atoms with Crippen LogP contribution in [0.4, 0.5) is 0 Å². The Balaban J connectivity index is 2.41. The Bertz CT molecular complexity index is 747. The number of carboxylic acids is 1. The molecule has 0 spiro atoms. The average Bonchev–Trinajstić information content (AvgIpc) is 2.75. The Kier molecular flexibility index (Phi) is 4.24. The van der Waals surface area contributed by atoms with Gasteiger partial charge in [0, 0.05) is 10.0 Å². The topological polar surface area (TPSA) is 80.7 Å². The maximum absolute atomic E-state index is 12.1. The second kappa shape index (κ2) is 5.61. The van der Waals surface area contributed by atoms with E-state index >= 15 is 0 Å². The first-order valence-electron chi connectivity index (χ1n) is 5.01. The normalized spacial score (nSPS) is 11.3. The van der Waals surface area contributed by atoms with Crippen molar-refractivity contribution in [3.8, 4) is 5.75 Å². The van der Waals surface area contributed by atoms with E-state index in [4.69, 9.17) is 32.5 Å². The van der Waals surface area contributed by atoms with Gasteiger partial charge in [-0.15, -0.1) is 11.3 Å². The smallest absolute Gasteiger partial charge is 0.349 e. The van der Waals surface area contributed by atoms with Crippen molar-refractivity contribution in [1.82, 2.24) is 0 Å². The van der Waals surface area contributed by atoms with Crippen LogP contribution in [0.2, 0.25) is 10.0 Å². The van der Waals surface area contributed by atoms with Gasteiger partial charge in [-0.2, -0.15) is 8.42 Å². The molecule has 2 rings (SSSR count). The van der Waals surface area contributed by atoms with Crippen molar-refractivity contribution in [2.24, 2.45) is 0 Å². The van der Waals surface area contributed by atoms with Gasteiger partial charge in [0.05, 0.1) is 0 Å². The second-order valence-electron chi connectivity index (χ2n) is 3.56. The first-order chi connectivity index (χ1) is 9.29. The zero-order valence-electron chi connectivity index (χ0n) is 9.54. The molecule has 0 aliphatic carbocycles. The number of hydrogen-bond donors (Lipinski definition) is 1. The van der Waals surface area contributed by atoms with Gasteiger partial charge in [0.25, 0.3) is 0 Å². The van der Waals surface area contributed by atoms with Crippen LogP contribution in [-0.2, 0) is 10.1 Å². The predicted molar refractivity (Wildman–Crippen MR) is 75.6 cm³/mol. The van der Waals surface area contributed by atoms with E-state index in [2.05, 4.69) is 0 Å². The fourth-order valence-corrected chi connectivity index (χ4v) is 3.73. The average molecular weight is 353 g/mol. The van der Waals surface area contributed by atoms with Crippen molar-refractivity contribution in [3.63, 3.8) is 0 Å². The first-order valence-corrected chi connectivity index (χ1v) is 8.05. The van der Waals surface area contributed by atoms with Gasteiger partial charge in [-0.25, -0.2) is 4.79 Å². The number of carbonyl (C=O) groups is 1. The number of rotatable bonds is 4. The molecule has 5 nitrogen and oxygen atoms in total. The van der Waals surface area contributed by atoms with Crippen LogP contribution in [0.1, 0.15) is 9.67 Å². The Hall–Kier alpha value is -1.28. The molecular weight excluding hydrogens is 347 g/mol. The summed E-state index contributed by atoms with van der Waals surface area (Å²) < 4.78 is 28.9. The van der Waals surface area contributed by atoms with Crippen molar-refractivity contribution < 1.29 is 22.5 Å². The molecule has 0 saturated heterocycles. The first kappa shape index (κ1) is 15.1. The van der Waals surface area contributed by atoms with Crippen molar-refractivity contribution >= 4 is 50.6 Å². The summed E-state index contributed by atoms with van der Waals surface area (Å²) in [5.74, 6) is -1.52. The summed E-state index contributed by atoms with van der Waals surface area (Å²) in [5, 5.41) is 10.6. The van der Waals surface area contributed by atoms with E-state index in [1.807, 2.05) is 0 Å². The van der Waals surface area contributed by atoms with Crippen molar-refractivity contribution in [3.05, 3.63) is 44.6 Å². The highest BCUT2D eigenvalue weighted by atomic mass is 35.5. The third-order valence-electron chi connectivity index (χ3n) is 2.15. The van der Waals surface area contributed by atoms with Crippen molar-refractivity contribution in [2.45, 2.75) is 4.90 Å². The quantitative estimate of drug-likeness (QED) is 0.851. The molecule has 0 atom stereocenters. The molecule has 0 aliphatic rings. The van der Waals surface area contributed by atoms with Gasteiger partial charge in [-0.1, -0.05) is 23.2 Å². The molecule has 1 heterocycles. The van der Waals surface area contributed by atoms with Crippen LogP contribution in [0.15, 0.2) is 34.5 Å². The second-order valence-corrected chi connectivity index (χ2v) is 6.90. The Morgan fingerprint density at radius 2 is 1.80 bits per heavy atom. The van der Waals surface area contributed by atoms with E-state index in [-0.39, 0.29) is 25.6 Å². The summed E-state index contributed by atoms with van der Waals surface area (Å²) in [6.07, 6.45) is 0. The van der Waals surface area contributed by atoms with Gasteiger partial charge in [0.15, 0.2) is 10.6 Å². The third-order valence-corrected chi connectivity index (χ3v) is 4.68. The van der Waals surface area contributed by atoms with E-state index < -0.39 is 16.1 Å². The number of thiophene rings is 1. The van der Waals surface area contributed by atoms with Gasteiger partial charge in [0.2, 0.25) is 0 Å². The largest absolute Gasteiger partial charge is 0.477 e. The summed E-state index contributed by atoms with van der Waals surface area (Å²) in [6, 6.07) is 4.96. The summed E-state index contributed by atoms with van der Waals surface area (Å²) in [7, 11) is -4.21. The van der Waals surface area contributed by atoms with Gasteiger partial charge in [-0.3, -0.25) is 0 Å². The van der Waals surface area contributed by atoms with Crippen LogP contribution in [0, 0.1) is 0 Å². The molecule has 1 aromatic carbocycles. The number of carboxylic acid groups (broad SMARTS) is 1. The van der Waals surface area contributed by atoms with Gasteiger partial charge < -0.3 is 9.29 Å². The summed E-state index contributed by atoms with van der Waals surface area (Å²) in [6.45, 7) is 0. The van der Waals surface area contributed by atoms with Crippen molar-refractivity contribution in [1.29, 1.82) is 0 Å². The molecule has 106 valence electrons. The minimum atomic E-state index is -4.21. The number of hydrogen-bond acceptors (Lipinski definition) is 5. The summed E-state index contributed by atoms with van der Waals surface area (Å²) in [4.78, 5) is 10.4. The van der Waals surface area contributed by atoms with Crippen LogP contribution in [-0.4, -0.2) is 19.5 Å². The number of benzene rings is 1. The summed E-state index contributed by atoms with van der Waals surface area (Å²) >= 11 is 12.3. The molecule has 0 fully saturated rings. The Morgan fingerprint density at radius 3 is 2.35 bits per heavy atom. The molecule has 0 bridgehead atoms.